The maximum Gasteiger partial charge on any atom is 0.0366 e. The Morgan fingerprint density at radius 2 is 1.83 bits per heavy atom. The zero-order chi connectivity index (χ0) is 8.39. The Morgan fingerprint density at radius 1 is 1.17 bits per heavy atom. The fourth-order valence-corrected chi connectivity index (χ4v) is 1.52. The van der Waals surface area contributed by atoms with Crippen LogP contribution in [0.5, 0.6) is 0 Å². The van der Waals surface area contributed by atoms with Crippen LogP contribution < -0.4 is 4.90 Å². The second-order valence-corrected chi connectivity index (χ2v) is 3.36. The van der Waals surface area contributed by atoms with Crippen molar-refractivity contribution in [3.05, 3.63) is 29.8 Å². The molecule has 1 aliphatic rings. The van der Waals surface area contributed by atoms with Crippen molar-refractivity contribution < 1.29 is 0 Å². The van der Waals surface area contributed by atoms with E-state index in [4.69, 9.17) is 0 Å². The molecule has 12 heavy (non-hydrogen) atoms. The normalized spacial score (nSPS) is 15.9. The smallest absolute Gasteiger partial charge is 0.0366 e. The molecule has 0 atom stereocenters. The average Bonchev–Trinajstić information content (AvgIpc) is 2.03. The molecule has 1 aliphatic heterocycles. The third kappa shape index (κ3) is 1.31. The summed E-state index contributed by atoms with van der Waals surface area (Å²) in [6, 6.07) is 8.93. The molecule has 1 heterocycles. The van der Waals surface area contributed by atoms with Gasteiger partial charge in [-0.05, 0) is 30.5 Å². The lowest BCUT2D eigenvalue weighted by atomic mass is 10.1. The molecule has 1 heteroatoms. The van der Waals surface area contributed by atoms with Crippen molar-refractivity contribution in [3.63, 3.8) is 0 Å². The van der Waals surface area contributed by atoms with Crippen LogP contribution in [0.2, 0.25) is 0 Å². The lowest BCUT2D eigenvalue weighted by Crippen LogP contribution is -2.36. The fraction of sp³-hybridized carbons (Fsp3) is 0.455. The standard InChI is InChI=1S/C11H15N/c1-2-10-4-6-11(7-5-10)12-8-3-9-12/h4-7H,2-3,8-9H2,1H3. The van der Waals surface area contributed by atoms with E-state index in [2.05, 4.69) is 36.1 Å². The van der Waals surface area contributed by atoms with Gasteiger partial charge in [-0.15, -0.1) is 0 Å². The van der Waals surface area contributed by atoms with Gasteiger partial charge in [-0.1, -0.05) is 19.1 Å². The number of aryl methyl sites for hydroxylation is 1. The average molecular weight is 161 g/mol. The first-order chi connectivity index (χ1) is 5.90. The van der Waals surface area contributed by atoms with Crippen molar-refractivity contribution in [2.24, 2.45) is 0 Å². The molecule has 2 rings (SSSR count). The van der Waals surface area contributed by atoms with Gasteiger partial charge in [0.05, 0.1) is 0 Å². The van der Waals surface area contributed by atoms with Gasteiger partial charge in [0, 0.05) is 18.8 Å². The Hall–Kier alpha value is -0.980. The van der Waals surface area contributed by atoms with E-state index in [0.717, 1.165) is 6.42 Å². The zero-order valence-electron chi connectivity index (χ0n) is 7.59. The van der Waals surface area contributed by atoms with Crippen molar-refractivity contribution in [2.45, 2.75) is 19.8 Å². The summed E-state index contributed by atoms with van der Waals surface area (Å²) >= 11 is 0. The minimum Gasteiger partial charge on any atom is -0.371 e. The quantitative estimate of drug-likeness (QED) is 0.644. The van der Waals surface area contributed by atoms with Crippen LogP contribution >= 0.6 is 0 Å². The molecule has 0 saturated carbocycles. The van der Waals surface area contributed by atoms with Crippen molar-refractivity contribution in [1.29, 1.82) is 0 Å². The number of benzene rings is 1. The molecule has 1 fully saturated rings. The molecule has 0 radical (unpaired) electrons. The molecule has 0 aliphatic carbocycles. The Morgan fingerprint density at radius 3 is 2.25 bits per heavy atom. The number of hydrogen-bond donors (Lipinski definition) is 0. The van der Waals surface area contributed by atoms with Crippen LogP contribution in [0.15, 0.2) is 24.3 Å². The fourth-order valence-electron chi connectivity index (χ4n) is 1.52. The third-order valence-corrected chi connectivity index (χ3v) is 2.57. The second kappa shape index (κ2) is 3.18. The molecule has 0 spiro atoms. The van der Waals surface area contributed by atoms with Gasteiger partial charge in [-0.25, -0.2) is 0 Å². The topological polar surface area (TPSA) is 3.24 Å². The van der Waals surface area contributed by atoms with Gasteiger partial charge in [-0.3, -0.25) is 0 Å². The lowest BCUT2D eigenvalue weighted by molar-refractivity contribution is 0.617. The van der Waals surface area contributed by atoms with Crippen LogP contribution in [0.3, 0.4) is 0 Å². The summed E-state index contributed by atoms with van der Waals surface area (Å²) in [5, 5.41) is 0. The Labute approximate surface area is 74.0 Å². The van der Waals surface area contributed by atoms with Crippen LogP contribution in [-0.2, 0) is 6.42 Å². The van der Waals surface area contributed by atoms with Gasteiger partial charge in [-0.2, -0.15) is 0 Å². The summed E-state index contributed by atoms with van der Waals surface area (Å²) < 4.78 is 0. The van der Waals surface area contributed by atoms with Gasteiger partial charge in [0.25, 0.3) is 0 Å². The predicted octanol–water partition coefficient (Wildman–Crippen LogP) is 2.46. The minimum atomic E-state index is 1.14. The first-order valence-corrected chi connectivity index (χ1v) is 4.74. The van der Waals surface area contributed by atoms with Crippen LogP contribution in [0.25, 0.3) is 0 Å². The summed E-state index contributed by atoms with van der Waals surface area (Å²) in [4.78, 5) is 2.42. The lowest BCUT2D eigenvalue weighted by Gasteiger charge is -2.33. The maximum atomic E-state index is 2.42. The molecule has 0 unspecified atom stereocenters. The van der Waals surface area contributed by atoms with E-state index in [1.165, 1.54) is 30.8 Å². The molecule has 1 nitrogen and oxygen atoms in total. The predicted molar refractivity (Wildman–Crippen MR) is 52.7 cm³/mol. The van der Waals surface area contributed by atoms with E-state index in [1.807, 2.05) is 0 Å². The zero-order valence-corrected chi connectivity index (χ0v) is 7.59. The Balaban J connectivity index is 2.13. The van der Waals surface area contributed by atoms with E-state index in [9.17, 15) is 0 Å². The van der Waals surface area contributed by atoms with E-state index in [0.29, 0.717) is 0 Å². The summed E-state index contributed by atoms with van der Waals surface area (Å²) in [5.74, 6) is 0. The van der Waals surface area contributed by atoms with E-state index in [-0.39, 0.29) is 0 Å². The van der Waals surface area contributed by atoms with Crippen LogP contribution in [0.1, 0.15) is 18.9 Å². The molecular weight excluding hydrogens is 146 g/mol. The molecule has 0 aromatic heterocycles. The van der Waals surface area contributed by atoms with E-state index >= 15 is 0 Å². The van der Waals surface area contributed by atoms with Gasteiger partial charge < -0.3 is 4.90 Å². The molecule has 0 bridgehead atoms. The molecule has 1 aromatic rings. The number of rotatable bonds is 2. The van der Waals surface area contributed by atoms with Crippen LogP contribution in [0.4, 0.5) is 5.69 Å². The number of hydrogen-bond acceptors (Lipinski definition) is 1. The van der Waals surface area contributed by atoms with Crippen LogP contribution in [-0.4, -0.2) is 13.1 Å². The van der Waals surface area contributed by atoms with Crippen molar-refractivity contribution in [1.82, 2.24) is 0 Å². The van der Waals surface area contributed by atoms with Crippen molar-refractivity contribution in [3.8, 4) is 0 Å². The Kier molecular flexibility index (Phi) is 2.03. The first-order valence-electron chi connectivity index (χ1n) is 4.74. The van der Waals surface area contributed by atoms with Gasteiger partial charge in [0.15, 0.2) is 0 Å². The molecule has 1 aromatic carbocycles. The highest BCUT2D eigenvalue weighted by Crippen LogP contribution is 2.20. The highest BCUT2D eigenvalue weighted by atomic mass is 15.2. The second-order valence-electron chi connectivity index (χ2n) is 3.36. The summed E-state index contributed by atoms with van der Waals surface area (Å²) in [6.45, 7) is 4.68. The van der Waals surface area contributed by atoms with Gasteiger partial charge in [0.1, 0.15) is 0 Å². The van der Waals surface area contributed by atoms with Crippen molar-refractivity contribution >= 4 is 5.69 Å². The maximum absolute atomic E-state index is 2.42. The minimum absolute atomic E-state index is 1.14. The molecule has 1 saturated heterocycles. The molecule has 0 amide bonds. The van der Waals surface area contributed by atoms with Gasteiger partial charge >= 0.3 is 0 Å². The monoisotopic (exact) mass is 161 g/mol. The van der Waals surface area contributed by atoms with Crippen LogP contribution in [0, 0.1) is 0 Å². The summed E-state index contributed by atoms with van der Waals surface area (Å²) in [5.41, 5.74) is 2.82. The molecular formula is C11H15N. The summed E-state index contributed by atoms with van der Waals surface area (Å²) in [6.07, 6.45) is 2.50. The van der Waals surface area contributed by atoms with Gasteiger partial charge in [0.2, 0.25) is 0 Å². The first kappa shape index (κ1) is 7.66. The third-order valence-electron chi connectivity index (χ3n) is 2.57. The van der Waals surface area contributed by atoms with Crippen molar-refractivity contribution in [2.75, 3.05) is 18.0 Å². The largest absolute Gasteiger partial charge is 0.371 e. The summed E-state index contributed by atoms with van der Waals surface area (Å²) in [7, 11) is 0. The highest BCUT2D eigenvalue weighted by molar-refractivity contribution is 5.49. The molecule has 0 N–H and O–H groups in total. The Bertz CT molecular complexity index is 246. The highest BCUT2D eigenvalue weighted by Gasteiger charge is 2.13. The number of nitrogens with zero attached hydrogens (tertiary/aromatic N) is 1. The van der Waals surface area contributed by atoms with E-state index < -0.39 is 0 Å². The molecule has 64 valence electrons. The number of anilines is 1. The SMILES string of the molecule is CCc1ccc(N2CCC2)cc1. The van der Waals surface area contributed by atoms with E-state index in [1.54, 1.807) is 0 Å².